The average Bonchev–Trinajstić information content (AvgIpc) is 3.04. The van der Waals surface area contributed by atoms with Crippen LogP contribution in [0.25, 0.3) is 10.1 Å². The van der Waals surface area contributed by atoms with Crippen molar-refractivity contribution in [2.24, 2.45) is 0 Å². The zero-order valence-electron chi connectivity index (χ0n) is 11.6. The van der Waals surface area contributed by atoms with Gasteiger partial charge in [-0.3, -0.25) is 4.90 Å². The number of benzene rings is 1. The molecule has 1 aromatic carbocycles. The average molecular weight is 291 g/mol. The second kappa shape index (κ2) is 6.68. The van der Waals surface area contributed by atoms with Gasteiger partial charge < -0.3 is 9.84 Å². The summed E-state index contributed by atoms with van der Waals surface area (Å²) in [5.41, 5.74) is 0. The normalized spacial score (nSPS) is 19.9. The third-order valence-corrected chi connectivity index (χ3v) is 4.94. The molecule has 1 unspecified atom stereocenters. The molecule has 3 nitrogen and oxygen atoms in total. The highest BCUT2D eigenvalue weighted by Crippen LogP contribution is 2.25. The van der Waals surface area contributed by atoms with Crippen LogP contribution in [0.3, 0.4) is 0 Å². The zero-order valence-corrected chi connectivity index (χ0v) is 12.4. The van der Waals surface area contributed by atoms with Crippen molar-refractivity contribution in [2.75, 3.05) is 32.8 Å². The quantitative estimate of drug-likeness (QED) is 0.830. The first kappa shape index (κ1) is 14.0. The van der Waals surface area contributed by atoms with Crippen LogP contribution in [0, 0.1) is 0 Å². The second-order valence-electron chi connectivity index (χ2n) is 5.36. The van der Waals surface area contributed by atoms with Crippen LogP contribution in [-0.4, -0.2) is 49.0 Å². The van der Waals surface area contributed by atoms with Crippen LogP contribution in [0.5, 0.6) is 0 Å². The van der Waals surface area contributed by atoms with Crippen molar-refractivity contribution >= 4 is 21.4 Å². The molecule has 4 heteroatoms. The van der Waals surface area contributed by atoms with Crippen molar-refractivity contribution in [3.8, 4) is 0 Å². The molecule has 1 fully saturated rings. The van der Waals surface area contributed by atoms with Gasteiger partial charge in [0.2, 0.25) is 0 Å². The Morgan fingerprint density at radius 1 is 1.30 bits per heavy atom. The summed E-state index contributed by atoms with van der Waals surface area (Å²) in [5, 5.41) is 10.8. The Labute approximate surface area is 123 Å². The molecule has 1 aromatic heterocycles. The van der Waals surface area contributed by atoms with Crippen LogP contribution in [0.2, 0.25) is 0 Å². The number of β-amino-alcohol motifs (C(OH)–C–C–N with tert-alkyl or cyclic N) is 1. The molecule has 0 amide bonds. The van der Waals surface area contributed by atoms with Gasteiger partial charge in [-0.05, 0) is 23.9 Å². The Morgan fingerprint density at radius 3 is 3.00 bits per heavy atom. The van der Waals surface area contributed by atoms with E-state index in [0.717, 1.165) is 45.7 Å². The molecule has 3 rings (SSSR count). The van der Waals surface area contributed by atoms with Crippen LogP contribution >= 0.6 is 11.3 Å². The molecule has 0 radical (unpaired) electrons. The third kappa shape index (κ3) is 3.58. The first-order valence-electron chi connectivity index (χ1n) is 7.27. The summed E-state index contributed by atoms with van der Waals surface area (Å²) in [7, 11) is 0. The highest BCUT2D eigenvalue weighted by atomic mass is 32.1. The summed E-state index contributed by atoms with van der Waals surface area (Å²) in [6.07, 6.45) is 1.76. The SMILES string of the molecule is OC1CCN(CCOCCc2cc3ccccc3s2)C1. The summed E-state index contributed by atoms with van der Waals surface area (Å²) in [6.45, 7) is 4.28. The second-order valence-corrected chi connectivity index (χ2v) is 6.52. The number of rotatable bonds is 6. The number of hydrogen-bond acceptors (Lipinski definition) is 4. The molecule has 1 aliphatic heterocycles. The van der Waals surface area contributed by atoms with E-state index >= 15 is 0 Å². The van der Waals surface area contributed by atoms with E-state index < -0.39 is 0 Å². The van der Waals surface area contributed by atoms with E-state index in [4.69, 9.17) is 4.74 Å². The van der Waals surface area contributed by atoms with Crippen molar-refractivity contribution in [3.05, 3.63) is 35.2 Å². The highest BCUT2D eigenvalue weighted by Gasteiger charge is 2.19. The van der Waals surface area contributed by atoms with Gasteiger partial charge >= 0.3 is 0 Å². The van der Waals surface area contributed by atoms with E-state index in [-0.39, 0.29) is 6.10 Å². The lowest BCUT2D eigenvalue weighted by molar-refractivity contribution is 0.107. The van der Waals surface area contributed by atoms with Gasteiger partial charge in [-0.15, -0.1) is 11.3 Å². The molecule has 0 bridgehead atoms. The fourth-order valence-electron chi connectivity index (χ4n) is 2.64. The Balaban J connectivity index is 1.37. The van der Waals surface area contributed by atoms with Gasteiger partial charge in [0.15, 0.2) is 0 Å². The van der Waals surface area contributed by atoms with Gasteiger partial charge in [0.1, 0.15) is 0 Å². The van der Waals surface area contributed by atoms with E-state index in [1.54, 1.807) is 0 Å². The van der Waals surface area contributed by atoms with E-state index in [0.29, 0.717) is 0 Å². The first-order valence-corrected chi connectivity index (χ1v) is 8.08. The fraction of sp³-hybridized carbons (Fsp3) is 0.500. The highest BCUT2D eigenvalue weighted by molar-refractivity contribution is 7.19. The summed E-state index contributed by atoms with van der Waals surface area (Å²) in [4.78, 5) is 3.66. The monoisotopic (exact) mass is 291 g/mol. The number of fused-ring (bicyclic) bond motifs is 1. The Hall–Kier alpha value is -0.940. The fourth-order valence-corrected chi connectivity index (χ4v) is 3.69. The molecule has 1 atom stereocenters. The molecule has 1 saturated heterocycles. The molecular weight excluding hydrogens is 270 g/mol. The number of thiophene rings is 1. The van der Waals surface area contributed by atoms with E-state index in [2.05, 4.69) is 35.2 Å². The maximum absolute atomic E-state index is 9.44. The van der Waals surface area contributed by atoms with Gasteiger partial charge in [0.05, 0.1) is 19.3 Å². The largest absolute Gasteiger partial charge is 0.392 e. The molecule has 0 aliphatic carbocycles. The van der Waals surface area contributed by atoms with E-state index in [9.17, 15) is 5.11 Å². The van der Waals surface area contributed by atoms with Crippen molar-refractivity contribution in [1.29, 1.82) is 0 Å². The number of nitrogens with zero attached hydrogens (tertiary/aromatic N) is 1. The minimum atomic E-state index is -0.131. The molecule has 0 saturated carbocycles. The van der Waals surface area contributed by atoms with Gasteiger partial charge in [-0.1, -0.05) is 18.2 Å². The van der Waals surface area contributed by atoms with Gasteiger partial charge in [-0.25, -0.2) is 0 Å². The standard InChI is InChI=1S/C16H21NO2S/c18-14-5-7-17(12-14)8-10-19-9-6-15-11-13-3-1-2-4-16(13)20-15/h1-4,11,14,18H,5-10,12H2. The number of hydrogen-bond donors (Lipinski definition) is 1. The number of likely N-dealkylation sites (tertiary alicyclic amines) is 1. The molecule has 2 aromatic rings. The van der Waals surface area contributed by atoms with Crippen molar-refractivity contribution in [2.45, 2.75) is 18.9 Å². The third-order valence-electron chi connectivity index (χ3n) is 3.77. The van der Waals surface area contributed by atoms with Gasteiger partial charge in [0, 0.05) is 35.6 Å². The number of aliphatic hydroxyl groups is 1. The maximum Gasteiger partial charge on any atom is 0.0679 e. The minimum absolute atomic E-state index is 0.131. The Kier molecular flexibility index (Phi) is 4.68. The molecule has 2 heterocycles. The predicted octanol–water partition coefficient (Wildman–Crippen LogP) is 2.53. The lowest BCUT2D eigenvalue weighted by Crippen LogP contribution is -2.26. The summed E-state index contributed by atoms with van der Waals surface area (Å²) >= 11 is 1.86. The molecule has 20 heavy (non-hydrogen) atoms. The van der Waals surface area contributed by atoms with Crippen LogP contribution in [0.1, 0.15) is 11.3 Å². The van der Waals surface area contributed by atoms with E-state index in [1.807, 2.05) is 11.3 Å². The van der Waals surface area contributed by atoms with Crippen LogP contribution in [0.15, 0.2) is 30.3 Å². The number of aliphatic hydroxyl groups excluding tert-OH is 1. The lowest BCUT2D eigenvalue weighted by Gasteiger charge is -2.14. The van der Waals surface area contributed by atoms with Gasteiger partial charge in [-0.2, -0.15) is 0 Å². The van der Waals surface area contributed by atoms with Crippen LogP contribution in [-0.2, 0) is 11.2 Å². The summed E-state index contributed by atoms with van der Waals surface area (Å²) in [5.74, 6) is 0. The van der Waals surface area contributed by atoms with Gasteiger partial charge in [0.25, 0.3) is 0 Å². The number of ether oxygens (including phenoxy) is 1. The molecular formula is C16H21NO2S. The molecule has 0 spiro atoms. The van der Waals surface area contributed by atoms with E-state index in [1.165, 1.54) is 15.0 Å². The van der Waals surface area contributed by atoms with Crippen molar-refractivity contribution in [1.82, 2.24) is 4.90 Å². The van der Waals surface area contributed by atoms with Crippen molar-refractivity contribution in [3.63, 3.8) is 0 Å². The van der Waals surface area contributed by atoms with Crippen molar-refractivity contribution < 1.29 is 9.84 Å². The molecule has 1 aliphatic rings. The molecule has 1 N–H and O–H groups in total. The maximum atomic E-state index is 9.44. The summed E-state index contributed by atoms with van der Waals surface area (Å²) in [6, 6.07) is 10.8. The Bertz CT molecular complexity index is 521. The van der Waals surface area contributed by atoms with Crippen LogP contribution in [0.4, 0.5) is 0 Å². The lowest BCUT2D eigenvalue weighted by atomic mass is 10.2. The minimum Gasteiger partial charge on any atom is -0.392 e. The smallest absolute Gasteiger partial charge is 0.0679 e. The summed E-state index contributed by atoms with van der Waals surface area (Å²) < 4.78 is 7.07. The topological polar surface area (TPSA) is 32.7 Å². The molecule has 108 valence electrons. The Morgan fingerprint density at radius 2 is 2.20 bits per heavy atom. The zero-order chi connectivity index (χ0) is 13.8. The predicted molar refractivity (Wildman–Crippen MR) is 83.4 cm³/mol. The first-order chi connectivity index (χ1) is 9.81. The van der Waals surface area contributed by atoms with Crippen LogP contribution < -0.4 is 0 Å².